The van der Waals surface area contributed by atoms with Gasteiger partial charge in [-0.25, -0.2) is 0 Å². The second kappa shape index (κ2) is 6.34. The Morgan fingerprint density at radius 2 is 1.57 bits per heavy atom. The standard InChI is InChI=1S/C18H16ClN3O/c1-2-17(23)18(22-12-20-21-13-22,14-6-4-3-5-7-14)15-8-10-16(19)11-9-15/h3-13H,2H2,1H3. The minimum absolute atomic E-state index is 0.0609. The lowest BCUT2D eigenvalue weighted by Gasteiger charge is -2.34. The Hall–Kier alpha value is -2.46. The molecule has 1 aromatic heterocycles. The molecule has 1 unspecified atom stereocenters. The van der Waals surface area contributed by atoms with Crippen LogP contribution in [-0.4, -0.2) is 20.5 Å². The van der Waals surface area contributed by atoms with Gasteiger partial charge in [-0.15, -0.1) is 10.2 Å². The van der Waals surface area contributed by atoms with E-state index >= 15 is 0 Å². The largest absolute Gasteiger partial charge is 0.298 e. The Balaban J connectivity index is 2.35. The summed E-state index contributed by atoms with van der Waals surface area (Å²) >= 11 is 6.03. The Bertz CT molecular complexity index is 785. The minimum atomic E-state index is -0.996. The summed E-state index contributed by atoms with van der Waals surface area (Å²) < 4.78 is 1.76. The highest BCUT2D eigenvalue weighted by Gasteiger charge is 2.42. The Kier molecular flexibility index (Phi) is 4.26. The van der Waals surface area contributed by atoms with Crippen molar-refractivity contribution in [1.82, 2.24) is 14.8 Å². The molecule has 0 fully saturated rings. The molecule has 1 atom stereocenters. The van der Waals surface area contributed by atoms with Crippen molar-refractivity contribution in [3.63, 3.8) is 0 Å². The molecule has 0 aliphatic carbocycles. The van der Waals surface area contributed by atoms with Crippen molar-refractivity contribution in [3.8, 4) is 0 Å². The van der Waals surface area contributed by atoms with Gasteiger partial charge in [0.15, 0.2) is 11.3 Å². The number of ketones is 1. The predicted octanol–water partition coefficient (Wildman–Crippen LogP) is 3.70. The predicted molar refractivity (Wildman–Crippen MR) is 89.4 cm³/mol. The van der Waals surface area contributed by atoms with Crippen molar-refractivity contribution < 1.29 is 4.79 Å². The number of hydrogen-bond donors (Lipinski definition) is 0. The fraction of sp³-hybridized carbons (Fsp3) is 0.167. The zero-order chi connectivity index (χ0) is 16.3. The smallest absolute Gasteiger partial charge is 0.167 e. The maximum atomic E-state index is 13.1. The number of rotatable bonds is 5. The van der Waals surface area contributed by atoms with Gasteiger partial charge < -0.3 is 0 Å². The van der Waals surface area contributed by atoms with Crippen LogP contribution in [0.15, 0.2) is 67.3 Å². The SMILES string of the molecule is CCC(=O)C(c1ccccc1)(c1ccc(Cl)cc1)n1cnnc1. The molecular formula is C18H16ClN3O. The molecule has 0 amide bonds. The summed E-state index contributed by atoms with van der Waals surface area (Å²) in [5.74, 6) is 0.0609. The molecule has 0 spiro atoms. The van der Waals surface area contributed by atoms with E-state index in [0.717, 1.165) is 11.1 Å². The van der Waals surface area contributed by atoms with Crippen LogP contribution >= 0.6 is 11.6 Å². The maximum absolute atomic E-state index is 13.1. The zero-order valence-electron chi connectivity index (χ0n) is 12.7. The van der Waals surface area contributed by atoms with E-state index in [0.29, 0.717) is 11.4 Å². The first-order chi connectivity index (χ1) is 11.2. The van der Waals surface area contributed by atoms with Crippen molar-refractivity contribution in [2.75, 3.05) is 0 Å². The Morgan fingerprint density at radius 3 is 2.13 bits per heavy atom. The Morgan fingerprint density at radius 1 is 1.00 bits per heavy atom. The molecule has 0 aliphatic heterocycles. The van der Waals surface area contributed by atoms with Crippen molar-refractivity contribution in [2.45, 2.75) is 18.9 Å². The number of aromatic nitrogens is 3. The fourth-order valence-electron chi connectivity index (χ4n) is 2.93. The molecule has 0 saturated heterocycles. The van der Waals surface area contributed by atoms with Gasteiger partial charge in [0.2, 0.25) is 0 Å². The second-order valence-electron chi connectivity index (χ2n) is 5.23. The molecule has 116 valence electrons. The number of benzene rings is 2. The average molecular weight is 326 g/mol. The van der Waals surface area contributed by atoms with Gasteiger partial charge in [-0.1, -0.05) is 61.0 Å². The number of hydrogen-bond acceptors (Lipinski definition) is 3. The molecule has 1 heterocycles. The molecule has 3 rings (SSSR count). The van der Waals surface area contributed by atoms with Crippen LogP contribution in [0.1, 0.15) is 24.5 Å². The summed E-state index contributed by atoms with van der Waals surface area (Å²) in [7, 11) is 0. The first-order valence-corrected chi connectivity index (χ1v) is 7.77. The lowest BCUT2D eigenvalue weighted by Crippen LogP contribution is -2.43. The zero-order valence-corrected chi connectivity index (χ0v) is 13.4. The lowest BCUT2D eigenvalue weighted by atomic mass is 9.78. The molecule has 0 saturated carbocycles. The average Bonchev–Trinajstić information content (AvgIpc) is 3.12. The third-order valence-electron chi connectivity index (χ3n) is 3.98. The third-order valence-corrected chi connectivity index (χ3v) is 4.24. The van der Waals surface area contributed by atoms with Crippen LogP contribution in [-0.2, 0) is 10.3 Å². The molecule has 0 radical (unpaired) electrons. The summed E-state index contributed by atoms with van der Waals surface area (Å²) in [6, 6.07) is 17.0. The minimum Gasteiger partial charge on any atom is -0.298 e. The Labute approximate surface area is 139 Å². The maximum Gasteiger partial charge on any atom is 0.167 e. The van der Waals surface area contributed by atoms with Gasteiger partial charge in [-0.05, 0) is 23.3 Å². The van der Waals surface area contributed by atoms with Crippen LogP contribution in [0.2, 0.25) is 5.02 Å². The highest BCUT2D eigenvalue weighted by molar-refractivity contribution is 6.30. The molecule has 4 nitrogen and oxygen atoms in total. The van der Waals surface area contributed by atoms with Gasteiger partial charge in [0, 0.05) is 11.4 Å². The van der Waals surface area contributed by atoms with Gasteiger partial charge >= 0.3 is 0 Å². The first-order valence-electron chi connectivity index (χ1n) is 7.39. The number of halogens is 1. The third kappa shape index (κ3) is 2.55. The van der Waals surface area contributed by atoms with Crippen LogP contribution in [0.4, 0.5) is 0 Å². The molecule has 3 aromatic rings. The first kappa shape index (κ1) is 15.4. The molecule has 0 aliphatic rings. The fourth-order valence-corrected chi connectivity index (χ4v) is 3.06. The van der Waals surface area contributed by atoms with Crippen LogP contribution in [0.3, 0.4) is 0 Å². The number of nitrogens with zero attached hydrogens (tertiary/aromatic N) is 3. The van der Waals surface area contributed by atoms with E-state index in [1.54, 1.807) is 29.4 Å². The summed E-state index contributed by atoms with van der Waals surface area (Å²) in [4.78, 5) is 13.1. The number of carbonyl (C=O) groups excluding carboxylic acids is 1. The number of carbonyl (C=O) groups is 1. The van der Waals surface area contributed by atoms with E-state index in [9.17, 15) is 4.79 Å². The summed E-state index contributed by atoms with van der Waals surface area (Å²) in [6.45, 7) is 1.86. The van der Waals surface area contributed by atoms with Crippen LogP contribution in [0, 0.1) is 0 Å². The normalized spacial score (nSPS) is 13.5. The molecule has 2 aromatic carbocycles. The van der Waals surface area contributed by atoms with Crippen LogP contribution in [0.25, 0.3) is 0 Å². The number of Topliss-reactive ketones (excluding diaryl/α,β-unsaturated/α-hetero) is 1. The van der Waals surface area contributed by atoms with E-state index < -0.39 is 5.54 Å². The van der Waals surface area contributed by atoms with Crippen LogP contribution in [0.5, 0.6) is 0 Å². The van der Waals surface area contributed by atoms with E-state index in [-0.39, 0.29) is 5.78 Å². The van der Waals surface area contributed by atoms with Crippen LogP contribution < -0.4 is 0 Å². The van der Waals surface area contributed by atoms with Crippen molar-refractivity contribution in [3.05, 3.63) is 83.4 Å². The van der Waals surface area contributed by atoms with Gasteiger partial charge in [0.25, 0.3) is 0 Å². The quantitative estimate of drug-likeness (QED) is 0.718. The highest BCUT2D eigenvalue weighted by Crippen LogP contribution is 2.36. The lowest BCUT2D eigenvalue weighted by molar-refractivity contribution is -0.123. The van der Waals surface area contributed by atoms with Gasteiger partial charge in [0.1, 0.15) is 12.7 Å². The van der Waals surface area contributed by atoms with E-state index in [1.165, 1.54) is 0 Å². The second-order valence-corrected chi connectivity index (χ2v) is 5.67. The molecule has 0 N–H and O–H groups in total. The van der Waals surface area contributed by atoms with Crippen molar-refractivity contribution in [1.29, 1.82) is 0 Å². The van der Waals surface area contributed by atoms with E-state index in [1.807, 2.05) is 49.4 Å². The van der Waals surface area contributed by atoms with Crippen molar-refractivity contribution in [2.24, 2.45) is 0 Å². The van der Waals surface area contributed by atoms with E-state index in [2.05, 4.69) is 10.2 Å². The molecule has 23 heavy (non-hydrogen) atoms. The molecule has 5 heteroatoms. The molecular weight excluding hydrogens is 310 g/mol. The molecule has 0 bridgehead atoms. The van der Waals surface area contributed by atoms with E-state index in [4.69, 9.17) is 11.6 Å². The highest BCUT2D eigenvalue weighted by atomic mass is 35.5. The van der Waals surface area contributed by atoms with Crippen molar-refractivity contribution >= 4 is 17.4 Å². The van der Waals surface area contributed by atoms with Gasteiger partial charge in [-0.2, -0.15) is 0 Å². The summed E-state index contributed by atoms with van der Waals surface area (Å²) in [5.41, 5.74) is 0.707. The van der Waals surface area contributed by atoms with Gasteiger partial charge in [0.05, 0.1) is 0 Å². The summed E-state index contributed by atoms with van der Waals surface area (Å²) in [5, 5.41) is 8.44. The van der Waals surface area contributed by atoms with Gasteiger partial charge in [-0.3, -0.25) is 9.36 Å². The monoisotopic (exact) mass is 325 g/mol. The topological polar surface area (TPSA) is 47.8 Å². The summed E-state index contributed by atoms with van der Waals surface area (Å²) in [6.07, 6.45) is 3.54.